The van der Waals surface area contributed by atoms with Crippen LogP contribution in [0.5, 0.6) is 23.0 Å². The minimum Gasteiger partial charge on any atom is -0.497 e. The van der Waals surface area contributed by atoms with Crippen molar-refractivity contribution >= 4 is 5.91 Å². The average molecular weight is 535 g/mol. The number of amides is 1. The van der Waals surface area contributed by atoms with E-state index in [0.29, 0.717) is 48.5 Å². The lowest BCUT2D eigenvalue weighted by molar-refractivity contribution is -0.123. The summed E-state index contributed by atoms with van der Waals surface area (Å²) in [7, 11) is 1.61. The Bertz CT molecular complexity index is 1230. The van der Waals surface area contributed by atoms with Crippen LogP contribution in [0.1, 0.15) is 37.4 Å². The van der Waals surface area contributed by atoms with Gasteiger partial charge in [-0.2, -0.15) is 0 Å². The number of fused-ring (bicyclic) bond motifs is 1. The van der Waals surface area contributed by atoms with Crippen molar-refractivity contribution in [1.29, 1.82) is 0 Å². The lowest BCUT2D eigenvalue weighted by atomic mass is 9.98. The van der Waals surface area contributed by atoms with E-state index >= 15 is 0 Å². The number of hydrogen-bond donors (Lipinski definition) is 2. The molecule has 3 aromatic rings. The number of nitrogens with one attached hydrogen (secondary N) is 1. The lowest BCUT2D eigenvalue weighted by Gasteiger charge is -2.29. The monoisotopic (exact) mass is 534 g/mol. The normalized spacial score (nSPS) is 18.3. The highest BCUT2D eigenvalue weighted by atomic mass is 16.6. The van der Waals surface area contributed by atoms with Gasteiger partial charge in [0.2, 0.25) is 5.91 Å². The Morgan fingerprint density at radius 2 is 1.79 bits per heavy atom. The second-order valence-corrected chi connectivity index (χ2v) is 9.95. The third-order valence-corrected chi connectivity index (χ3v) is 7.29. The van der Waals surface area contributed by atoms with Gasteiger partial charge in [-0.1, -0.05) is 36.4 Å². The first-order chi connectivity index (χ1) is 19.1. The molecule has 8 nitrogen and oxygen atoms in total. The fraction of sp³-hybridized carbons (Fsp3) is 0.387. The van der Waals surface area contributed by atoms with Crippen molar-refractivity contribution in [3.63, 3.8) is 0 Å². The summed E-state index contributed by atoms with van der Waals surface area (Å²) >= 11 is 0. The molecule has 1 saturated heterocycles. The van der Waals surface area contributed by atoms with Crippen molar-refractivity contribution in [3.05, 3.63) is 83.9 Å². The second-order valence-electron chi connectivity index (χ2n) is 9.95. The van der Waals surface area contributed by atoms with Gasteiger partial charge in [-0.25, -0.2) is 0 Å². The smallest absolute Gasteiger partial charge is 0.223 e. The fourth-order valence-electron chi connectivity index (χ4n) is 5.19. The molecule has 0 radical (unpaired) electrons. The van der Waals surface area contributed by atoms with Crippen LogP contribution in [0.15, 0.2) is 72.8 Å². The summed E-state index contributed by atoms with van der Waals surface area (Å²) in [5, 5.41) is 14.5. The number of methoxy groups -OCH3 is 1. The van der Waals surface area contributed by atoms with Crippen molar-refractivity contribution in [2.24, 2.45) is 0 Å². The van der Waals surface area contributed by atoms with Crippen LogP contribution in [0.2, 0.25) is 0 Å². The summed E-state index contributed by atoms with van der Waals surface area (Å²) in [4.78, 5) is 15.3. The minimum absolute atomic E-state index is 0. The van der Waals surface area contributed by atoms with Gasteiger partial charge in [-0.3, -0.25) is 4.79 Å². The van der Waals surface area contributed by atoms with Gasteiger partial charge in [0.15, 0.2) is 11.5 Å². The predicted molar refractivity (Wildman–Crippen MR) is 150 cm³/mol. The molecule has 39 heavy (non-hydrogen) atoms. The molecule has 3 aromatic carbocycles. The van der Waals surface area contributed by atoms with E-state index in [1.165, 1.54) is 5.56 Å². The highest BCUT2D eigenvalue weighted by molar-refractivity contribution is 5.76. The van der Waals surface area contributed by atoms with Crippen LogP contribution >= 0.6 is 0 Å². The molecule has 0 saturated carbocycles. The molecule has 1 fully saturated rings. The molecule has 0 unspecified atom stereocenters. The van der Waals surface area contributed by atoms with Gasteiger partial charge in [0.25, 0.3) is 0 Å². The zero-order chi connectivity index (χ0) is 27.0. The lowest BCUT2D eigenvalue weighted by Crippen LogP contribution is -2.47. The topological polar surface area (TPSA) is 89.5 Å². The van der Waals surface area contributed by atoms with E-state index in [0.717, 1.165) is 25.3 Å². The van der Waals surface area contributed by atoms with Gasteiger partial charge < -0.3 is 34.3 Å². The maximum Gasteiger partial charge on any atom is 0.223 e. The number of rotatable bonds is 11. The Kier molecular flexibility index (Phi) is 8.85. The Balaban J connectivity index is 0.00000370. The highest BCUT2D eigenvalue weighted by Crippen LogP contribution is 2.34. The molecule has 8 heteroatoms. The molecule has 2 aliphatic heterocycles. The van der Waals surface area contributed by atoms with Crippen LogP contribution < -0.4 is 24.3 Å². The molecule has 1 amide bonds. The first-order valence-corrected chi connectivity index (χ1v) is 13.5. The molecule has 0 bridgehead atoms. The third kappa shape index (κ3) is 7.02. The molecule has 3 atom stereocenters. The molecular weight excluding hydrogens is 496 g/mol. The highest BCUT2D eigenvalue weighted by Gasteiger charge is 2.30. The van der Waals surface area contributed by atoms with Gasteiger partial charge in [0.05, 0.1) is 26.2 Å². The average Bonchev–Trinajstić information content (AvgIpc) is 3.45. The zero-order valence-corrected chi connectivity index (χ0v) is 22.3. The number of likely N-dealkylation sites (tertiary alicyclic amines) is 1. The van der Waals surface area contributed by atoms with Crippen molar-refractivity contribution in [2.75, 3.05) is 46.6 Å². The Labute approximate surface area is 230 Å². The van der Waals surface area contributed by atoms with E-state index in [1.54, 1.807) is 7.11 Å². The number of hydrogen-bond acceptors (Lipinski definition) is 7. The van der Waals surface area contributed by atoms with Crippen LogP contribution in [-0.2, 0) is 4.79 Å². The van der Waals surface area contributed by atoms with Crippen molar-refractivity contribution in [2.45, 2.75) is 30.9 Å². The summed E-state index contributed by atoms with van der Waals surface area (Å²) in [5.74, 6) is 2.95. The van der Waals surface area contributed by atoms with E-state index in [4.69, 9.17) is 18.9 Å². The van der Waals surface area contributed by atoms with Crippen LogP contribution in [0.3, 0.4) is 0 Å². The van der Waals surface area contributed by atoms with Gasteiger partial charge in [0.1, 0.15) is 30.8 Å². The number of carbonyl (C=O) groups excluding carboxylic acids is 1. The van der Waals surface area contributed by atoms with Crippen LogP contribution in [0.4, 0.5) is 0 Å². The molecule has 2 heterocycles. The molecule has 0 spiro atoms. The molecule has 208 valence electrons. The summed E-state index contributed by atoms with van der Waals surface area (Å²) in [6.45, 7) is 3.51. The standard InChI is InChI=1S/C31H36N2O6.H2/c1-36-25-8-10-26(11-9-25)37-16-14-30(34)32-27(21-33-15-13-24(20-33)22-5-3-2-4-6-22)31(35)23-7-12-28-29(19-23)39-18-17-38-28;/h2-12,19,24,27,31,35H,13-18,20-21H2,1H3,(H,32,34);1H/t24-,27+,31+;/m0./s1. The van der Waals surface area contributed by atoms with Gasteiger partial charge >= 0.3 is 0 Å². The number of benzene rings is 3. The second kappa shape index (κ2) is 12.9. The predicted octanol–water partition coefficient (Wildman–Crippen LogP) is 4.19. The van der Waals surface area contributed by atoms with Crippen LogP contribution in [0.25, 0.3) is 0 Å². The molecule has 0 aromatic heterocycles. The first kappa shape index (κ1) is 26.8. The van der Waals surface area contributed by atoms with Gasteiger partial charge in [-0.15, -0.1) is 0 Å². The quantitative estimate of drug-likeness (QED) is 0.381. The Hall–Kier alpha value is -3.75. The van der Waals surface area contributed by atoms with Crippen LogP contribution in [0, 0.1) is 0 Å². The molecule has 0 aliphatic carbocycles. The molecular formula is C31H38N2O6. The summed E-state index contributed by atoms with van der Waals surface area (Å²) < 4.78 is 22.3. The molecule has 2 aliphatic rings. The maximum atomic E-state index is 13.0. The minimum atomic E-state index is -0.914. The first-order valence-electron chi connectivity index (χ1n) is 13.5. The Morgan fingerprint density at radius 1 is 1.05 bits per heavy atom. The summed E-state index contributed by atoms with van der Waals surface area (Å²) in [6, 6.07) is 22.7. The zero-order valence-electron chi connectivity index (χ0n) is 22.3. The number of aliphatic hydroxyl groups is 1. The number of carbonyl (C=O) groups is 1. The van der Waals surface area contributed by atoms with Gasteiger partial charge in [-0.05, 0) is 66.4 Å². The molecule has 5 rings (SSSR count). The number of ether oxygens (including phenoxy) is 4. The van der Waals surface area contributed by atoms with E-state index in [-0.39, 0.29) is 20.4 Å². The summed E-state index contributed by atoms with van der Waals surface area (Å²) in [6.07, 6.45) is 0.298. The van der Waals surface area contributed by atoms with Crippen molar-refractivity contribution < 1.29 is 30.3 Å². The maximum absolute atomic E-state index is 13.0. The SMILES string of the molecule is COc1ccc(OCCC(=O)N[C@H](CN2CC[C@H](c3ccccc3)C2)[C@H](O)c2ccc3c(c2)OCCO3)cc1.[HH]. The van der Waals surface area contributed by atoms with E-state index < -0.39 is 12.1 Å². The molecule has 2 N–H and O–H groups in total. The van der Waals surface area contributed by atoms with Crippen molar-refractivity contribution in [3.8, 4) is 23.0 Å². The number of aliphatic hydroxyl groups excluding tert-OH is 1. The van der Waals surface area contributed by atoms with Crippen molar-refractivity contribution in [1.82, 2.24) is 10.2 Å². The largest absolute Gasteiger partial charge is 0.497 e. The van der Waals surface area contributed by atoms with Crippen LogP contribution in [-0.4, -0.2) is 68.5 Å². The van der Waals surface area contributed by atoms with E-state index in [2.05, 4.69) is 34.5 Å². The van der Waals surface area contributed by atoms with E-state index in [1.807, 2.05) is 48.5 Å². The van der Waals surface area contributed by atoms with E-state index in [9.17, 15) is 9.90 Å². The van der Waals surface area contributed by atoms with Gasteiger partial charge in [0, 0.05) is 14.5 Å². The number of nitrogens with zero attached hydrogens (tertiary/aromatic N) is 1. The summed E-state index contributed by atoms with van der Waals surface area (Å²) in [5.41, 5.74) is 2.00. The third-order valence-electron chi connectivity index (χ3n) is 7.29. The fourth-order valence-corrected chi connectivity index (χ4v) is 5.19. The Morgan fingerprint density at radius 3 is 2.56 bits per heavy atom.